The first-order valence-electron chi connectivity index (χ1n) is 11.0. The summed E-state index contributed by atoms with van der Waals surface area (Å²) in [7, 11) is 0. The second kappa shape index (κ2) is 7.32. The molecule has 4 aliphatic carbocycles. The molecule has 0 heterocycles. The number of amides is 1. The molecule has 1 amide bonds. The standard InChI is InChI=1S/C24H35ClN2O/c1-22(2,3)27-10-4-9-26-21(28)24-14-17-11-18(15-24)13-23(12-17,16-24)19-5-7-20(25)8-6-19/h5-8,17-18,27H,4,9-16H2,1-3H3,(H,26,28). The van der Waals surface area contributed by atoms with E-state index in [-0.39, 0.29) is 16.4 Å². The van der Waals surface area contributed by atoms with Crippen molar-refractivity contribution in [2.45, 2.75) is 76.7 Å². The van der Waals surface area contributed by atoms with E-state index in [1.54, 1.807) is 0 Å². The fraction of sp³-hybridized carbons (Fsp3) is 0.708. The van der Waals surface area contributed by atoms with E-state index in [0.717, 1.165) is 43.8 Å². The Morgan fingerprint density at radius 2 is 1.71 bits per heavy atom. The van der Waals surface area contributed by atoms with Crippen LogP contribution in [0.3, 0.4) is 0 Å². The maximum Gasteiger partial charge on any atom is 0.226 e. The van der Waals surface area contributed by atoms with Gasteiger partial charge in [0.15, 0.2) is 0 Å². The van der Waals surface area contributed by atoms with E-state index in [4.69, 9.17) is 11.6 Å². The quantitative estimate of drug-likeness (QED) is 0.652. The predicted molar refractivity (Wildman–Crippen MR) is 116 cm³/mol. The minimum Gasteiger partial charge on any atom is -0.356 e. The highest BCUT2D eigenvalue weighted by molar-refractivity contribution is 6.30. The molecule has 2 N–H and O–H groups in total. The average Bonchev–Trinajstić information content (AvgIpc) is 2.59. The minimum absolute atomic E-state index is 0.134. The number of halogens is 1. The molecule has 0 spiro atoms. The Balaban J connectivity index is 1.44. The van der Waals surface area contributed by atoms with Crippen LogP contribution in [0.5, 0.6) is 0 Å². The zero-order valence-corrected chi connectivity index (χ0v) is 18.4. The van der Waals surface area contributed by atoms with Gasteiger partial charge in [-0.3, -0.25) is 4.79 Å². The number of benzene rings is 1. The molecule has 2 atom stereocenters. The van der Waals surface area contributed by atoms with Gasteiger partial charge in [-0.25, -0.2) is 0 Å². The van der Waals surface area contributed by atoms with E-state index >= 15 is 0 Å². The Morgan fingerprint density at radius 3 is 2.32 bits per heavy atom. The summed E-state index contributed by atoms with van der Waals surface area (Å²) >= 11 is 6.14. The summed E-state index contributed by atoms with van der Waals surface area (Å²) in [5.41, 5.74) is 1.56. The lowest BCUT2D eigenvalue weighted by atomic mass is 9.42. The third-order valence-electron chi connectivity index (χ3n) is 7.29. The lowest BCUT2D eigenvalue weighted by Crippen LogP contribution is -2.59. The first-order chi connectivity index (χ1) is 13.2. The number of hydrogen-bond acceptors (Lipinski definition) is 2. The highest BCUT2D eigenvalue weighted by Gasteiger charge is 2.60. The van der Waals surface area contributed by atoms with Gasteiger partial charge < -0.3 is 10.6 Å². The molecule has 5 rings (SSSR count). The van der Waals surface area contributed by atoms with Crippen molar-refractivity contribution in [3.63, 3.8) is 0 Å². The summed E-state index contributed by atoms with van der Waals surface area (Å²) in [5, 5.41) is 7.60. The second-order valence-corrected chi connectivity index (χ2v) is 11.3. The van der Waals surface area contributed by atoms with E-state index in [1.807, 2.05) is 12.1 Å². The molecule has 28 heavy (non-hydrogen) atoms. The summed E-state index contributed by atoms with van der Waals surface area (Å²) in [6.07, 6.45) is 7.98. The van der Waals surface area contributed by atoms with Crippen LogP contribution in [0.4, 0.5) is 0 Å². The van der Waals surface area contributed by atoms with Gasteiger partial charge >= 0.3 is 0 Å². The average molecular weight is 403 g/mol. The molecule has 0 radical (unpaired) electrons. The van der Waals surface area contributed by atoms with E-state index in [0.29, 0.717) is 17.7 Å². The summed E-state index contributed by atoms with van der Waals surface area (Å²) < 4.78 is 0. The molecule has 4 saturated carbocycles. The summed E-state index contributed by atoms with van der Waals surface area (Å²) in [6.45, 7) is 8.25. The number of carbonyl (C=O) groups is 1. The van der Waals surface area contributed by atoms with Crippen LogP contribution in [-0.4, -0.2) is 24.5 Å². The molecule has 0 aromatic heterocycles. The molecule has 0 saturated heterocycles. The van der Waals surface area contributed by atoms with Gasteiger partial charge in [-0.1, -0.05) is 23.7 Å². The minimum atomic E-state index is -0.152. The van der Waals surface area contributed by atoms with Crippen molar-refractivity contribution in [2.24, 2.45) is 17.3 Å². The third kappa shape index (κ3) is 3.98. The third-order valence-corrected chi connectivity index (χ3v) is 7.55. The van der Waals surface area contributed by atoms with Crippen LogP contribution in [-0.2, 0) is 10.2 Å². The number of rotatable bonds is 6. The van der Waals surface area contributed by atoms with Gasteiger partial charge in [0.05, 0.1) is 5.41 Å². The molecule has 0 aliphatic heterocycles. The largest absolute Gasteiger partial charge is 0.356 e. The van der Waals surface area contributed by atoms with Crippen LogP contribution in [0.15, 0.2) is 24.3 Å². The van der Waals surface area contributed by atoms with Crippen molar-refractivity contribution < 1.29 is 4.79 Å². The summed E-state index contributed by atoms with van der Waals surface area (Å²) in [5.74, 6) is 1.71. The second-order valence-electron chi connectivity index (χ2n) is 10.8. The fourth-order valence-electron chi connectivity index (χ4n) is 6.61. The first kappa shape index (κ1) is 20.2. The Morgan fingerprint density at radius 1 is 1.07 bits per heavy atom. The topological polar surface area (TPSA) is 41.1 Å². The maximum absolute atomic E-state index is 13.3. The SMILES string of the molecule is CC(C)(C)NCCCNC(=O)C12CC3CC(C1)CC(c1ccc(Cl)cc1)(C3)C2. The van der Waals surface area contributed by atoms with E-state index in [9.17, 15) is 4.79 Å². The maximum atomic E-state index is 13.3. The number of carbonyl (C=O) groups excluding carboxylic acids is 1. The van der Waals surface area contributed by atoms with Crippen molar-refractivity contribution in [1.82, 2.24) is 10.6 Å². The van der Waals surface area contributed by atoms with E-state index in [2.05, 4.69) is 43.5 Å². The van der Waals surface area contributed by atoms with Crippen LogP contribution < -0.4 is 10.6 Å². The van der Waals surface area contributed by atoms with Crippen molar-refractivity contribution in [3.8, 4) is 0 Å². The van der Waals surface area contributed by atoms with Gasteiger partial charge in [0.1, 0.15) is 0 Å². The normalized spacial score (nSPS) is 33.9. The Kier molecular flexibility index (Phi) is 5.29. The Labute approximate surface area is 175 Å². The smallest absolute Gasteiger partial charge is 0.226 e. The molecule has 154 valence electrons. The van der Waals surface area contributed by atoms with Crippen LogP contribution in [0, 0.1) is 17.3 Å². The van der Waals surface area contributed by atoms with Crippen LogP contribution in [0.2, 0.25) is 5.02 Å². The predicted octanol–water partition coefficient (Wildman–Crippen LogP) is 5.07. The lowest BCUT2D eigenvalue weighted by Gasteiger charge is -2.61. The molecule has 1 aromatic carbocycles. The first-order valence-corrected chi connectivity index (χ1v) is 11.4. The Hall–Kier alpha value is -1.06. The molecule has 4 fully saturated rings. The van der Waals surface area contributed by atoms with Gasteiger partial charge in [-0.2, -0.15) is 0 Å². The van der Waals surface area contributed by atoms with Crippen molar-refractivity contribution >= 4 is 17.5 Å². The molecule has 4 aliphatic rings. The van der Waals surface area contributed by atoms with Gasteiger partial charge in [0.2, 0.25) is 5.91 Å². The van der Waals surface area contributed by atoms with Gasteiger partial charge in [-0.15, -0.1) is 0 Å². The zero-order chi connectivity index (χ0) is 20.0. The Bertz CT molecular complexity index is 707. The number of hydrogen-bond donors (Lipinski definition) is 2. The van der Waals surface area contributed by atoms with Gasteiger partial charge in [0.25, 0.3) is 0 Å². The molecule has 4 bridgehead atoms. The number of nitrogens with one attached hydrogen (secondary N) is 2. The summed E-state index contributed by atoms with van der Waals surface area (Å²) in [4.78, 5) is 13.3. The molecule has 4 heteroatoms. The van der Waals surface area contributed by atoms with E-state index < -0.39 is 0 Å². The van der Waals surface area contributed by atoms with Gasteiger partial charge in [0, 0.05) is 17.1 Å². The molecule has 1 aromatic rings. The molecule has 3 nitrogen and oxygen atoms in total. The van der Waals surface area contributed by atoms with Crippen LogP contribution >= 0.6 is 11.6 Å². The molecular formula is C24H35ClN2O. The highest BCUT2D eigenvalue weighted by atomic mass is 35.5. The monoisotopic (exact) mass is 402 g/mol. The fourth-order valence-corrected chi connectivity index (χ4v) is 6.74. The molecular weight excluding hydrogens is 368 g/mol. The highest BCUT2D eigenvalue weighted by Crippen LogP contribution is 2.65. The van der Waals surface area contributed by atoms with Crippen LogP contribution in [0.25, 0.3) is 0 Å². The van der Waals surface area contributed by atoms with Crippen LogP contribution in [0.1, 0.15) is 71.3 Å². The zero-order valence-electron chi connectivity index (χ0n) is 17.6. The van der Waals surface area contributed by atoms with Crippen molar-refractivity contribution in [2.75, 3.05) is 13.1 Å². The molecule has 2 unspecified atom stereocenters. The lowest BCUT2D eigenvalue weighted by molar-refractivity contribution is -0.149. The van der Waals surface area contributed by atoms with E-state index in [1.165, 1.54) is 24.8 Å². The van der Waals surface area contributed by atoms with Gasteiger partial charge in [-0.05, 0) is 107 Å². The van der Waals surface area contributed by atoms with Crippen molar-refractivity contribution in [3.05, 3.63) is 34.9 Å². The summed E-state index contributed by atoms with van der Waals surface area (Å²) in [6, 6.07) is 8.45. The van der Waals surface area contributed by atoms with Crippen molar-refractivity contribution in [1.29, 1.82) is 0 Å².